The van der Waals surface area contributed by atoms with E-state index in [1.54, 1.807) is 6.07 Å². The smallest absolute Gasteiger partial charge is 0.264 e. The number of carbonyl (C=O) groups excluding carboxylic acids is 2. The van der Waals surface area contributed by atoms with Crippen LogP contribution in [0.1, 0.15) is 60.3 Å². The summed E-state index contributed by atoms with van der Waals surface area (Å²) in [5.41, 5.74) is 3.69. The van der Waals surface area contributed by atoms with Crippen LogP contribution in [-0.4, -0.2) is 53.5 Å². The number of hydrogen-bond acceptors (Lipinski definition) is 7. The number of thiazole rings is 1. The van der Waals surface area contributed by atoms with Crippen LogP contribution in [0.4, 0.5) is 5.13 Å². The van der Waals surface area contributed by atoms with Crippen LogP contribution in [0.15, 0.2) is 17.5 Å². The molecule has 0 unspecified atom stereocenters. The number of ketones is 1. The number of nitrogens with zero attached hydrogens (tertiary/aromatic N) is 2. The molecule has 1 aliphatic carbocycles. The van der Waals surface area contributed by atoms with Gasteiger partial charge in [0, 0.05) is 31.4 Å². The van der Waals surface area contributed by atoms with Crippen molar-refractivity contribution in [3.63, 3.8) is 0 Å². The molecule has 166 valence electrons. The molecule has 1 saturated heterocycles. The summed E-state index contributed by atoms with van der Waals surface area (Å²) in [5.74, 6) is 0.465. The zero-order chi connectivity index (χ0) is 22.1. The van der Waals surface area contributed by atoms with Crippen molar-refractivity contribution in [1.82, 2.24) is 9.88 Å². The van der Waals surface area contributed by atoms with Gasteiger partial charge in [0.2, 0.25) is 0 Å². The Balaban J connectivity index is 1.33. The highest BCUT2D eigenvalue weighted by Crippen LogP contribution is 2.40. The minimum absolute atomic E-state index is 0.0814. The van der Waals surface area contributed by atoms with Gasteiger partial charge < -0.3 is 9.47 Å². The molecule has 2 aliphatic rings. The Labute approximate surface area is 186 Å². The normalized spacial score (nSPS) is 23.6. The maximum absolute atomic E-state index is 12.4. The molecule has 1 fully saturated rings. The molecule has 0 saturated carbocycles. The lowest BCUT2D eigenvalue weighted by atomic mass is 9.97. The third kappa shape index (κ3) is 4.97. The van der Waals surface area contributed by atoms with E-state index in [0.717, 1.165) is 36.5 Å². The predicted octanol–water partition coefficient (Wildman–Crippen LogP) is 3.77. The molecule has 3 atom stereocenters. The van der Waals surface area contributed by atoms with E-state index < -0.39 is 0 Å². The quantitative estimate of drug-likeness (QED) is 0.732. The van der Waals surface area contributed by atoms with Crippen LogP contribution in [0, 0.1) is 6.92 Å². The average Bonchev–Trinajstić information content (AvgIpc) is 3.24. The van der Waals surface area contributed by atoms with E-state index in [9.17, 15) is 9.59 Å². The monoisotopic (exact) mass is 443 g/mol. The number of rotatable bonds is 6. The molecule has 7 nitrogen and oxygen atoms in total. The number of morpholine rings is 1. The first-order chi connectivity index (χ1) is 14.8. The first-order valence-corrected chi connectivity index (χ1v) is 11.6. The summed E-state index contributed by atoms with van der Waals surface area (Å²) >= 11 is 1.40. The number of Topliss-reactive ketones (excluding diaryl/α,β-unsaturated/α-hetero) is 1. The molecule has 1 aromatic carbocycles. The molecule has 1 amide bonds. The van der Waals surface area contributed by atoms with Crippen molar-refractivity contribution in [3.8, 4) is 5.75 Å². The summed E-state index contributed by atoms with van der Waals surface area (Å²) in [6.07, 6.45) is 0.902. The van der Waals surface area contributed by atoms with Crippen LogP contribution >= 0.6 is 11.3 Å². The maximum Gasteiger partial charge on any atom is 0.264 e. The van der Waals surface area contributed by atoms with Crippen molar-refractivity contribution >= 4 is 28.2 Å². The van der Waals surface area contributed by atoms with Gasteiger partial charge in [-0.3, -0.25) is 19.8 Å². The van der Waals surface area contributed by atoms with Gasteiger partial charge in [0.15, 0.2) is 17.5 Å². The van der Waals surface area contributed by atoms with Crippen LogP contribution in [0.5, 0.6) is 5.75 Å². The van der Waals surface area contributed by atoms with Gasteiger partial charge in [0.05, 0.1) is 23.5 Å². The molecule has 1 aliphatic heterocycles. The third-order valence-corrected chi connectivity index (χ3v) is 6.53. The van der Waals surface area contributed by atoms with E-state index in [2.05, 4.69) is 29.0 Å². The average molecular weight is 444 g/mol. The fourth-order valence-corrected chi connectivity index (χ4v) is 5.32. The maximum atomic E-state index is 12.4. The molecule has 2 heterocycles. The third-order valence-electron chi connectivity index (χ3n) is 5.73. The van der Waals surface area contributed by atoms with Crippen molar-refractivity contribution in [2.45, 2.75) is 58.8 Å². The fourth-order valence-electron chi connectivity index (χ4n) is 4.61. The van der Waals surface area contributed by atoms with Gasteiger partial charge in [-0.25, -0.2) is 4.98 Å². The summed E-state index contributed by atoms with van der Waals surface area (Å²) in [6, 6.07) is 3.73. The first-order valence-electron chi connectivity index (χ1n) is 10.7. The standard InChI is InChI=1S/C23H29N3O4S/c1-13-5-6-19(22-18(27)7-14(2)21(13)22)29-11-20(28)25-23-24-17(12-31-23)10-26-8-15(3)30-16(4)9-26/h5-6,12,14-16H,7-11H2,1-4H3,(H,24,25,28)/t14-,15-,16+/m1/s1. The number of hydrogen-bond donors (Lipinski definition) is 1. The minimum atomic E-state index is -0.290. The molecule has 4 rings (SSSR count). The largest absolute Gasteiger partial charge is 0.483 e. The van der Waals surface area contributed by atoms with E-state index in [1.807, 2.05) is 25.3 Å². The zero-order valence-corrected chi connectivity index (χ0v) is 19.3. The molecule has 1 N–H and O–H groups in total. The lowest BCUT2D eigenvalue weighted by Crippen LogP contribution is -2.44. The lowest BCUT2D eigenvalue weighted by Gasteiger charge is -2.34. The SMILES string of the molecule is Cc1ccc(OCC(=O)Nc2nc(CN3C[C@@H](C)O[C@@H](C)C3)cs2)c2c1[C@H](C)CC2=O. The Morgan fingerprint density at radius 1 is 1.29 bits per heavy atom. The summed E-state index contributed by atoms with van der Waals surface area (Å²) in [6.45, 7) is 10.5. The second kappa shape index (κ2) is 9.06. The Bertz CT molecular complexity index is 979. The highest BCUT2D eigenvalue weighted by molar-refractivity contribution is 7.13. The molecule has 31 heavy (non-hydrogen) atoms. The number of fused-ring (bicyclic) bond motifs is 1. The number of ether oxygens (including phenoxy) is 2. The molecule has 8 heteroatoms. The van der Waals surface area contributed by atoms with Gasteiger partial charge in [-0.1, -0.05) is 13.0 Å². The Morgan fingerprint density at radius 2 is 2.03 bits per heavy atom. The number of carbonyl (C=O) groups is 2. The minimum Gasteiger partial charge on any atom is -0.483 e. The zero-order valence-electron chi connectivity index (χ0n) is 18.4. The van der Waals surface area contributed by atoms with E-state index in [-0.39, 0.29) is 36.4 Å². The molecule has 1 aromatic heterocycles. The van der Waals surface area contributed by atoms with E-state index in [4.69, 9.17) is 9.47 Å². The van der Waals surface area contributed by atoms with Gasteiger partial charge in [-0.05, 0) is 43.9 Å². The highest BCUT2D eigenvalue weighted by atomic mass is 32.1. The molecule has 0 radical (unpaired) electrons. The number of nitrogens with one attached hydrogen (secondary N) is 1. The van der Waals surface area contributed by atoms with Gasteiger partial charge in [-0.15, -0.1) is 11.3 Å². The van der Waals surface area contributed by atoms with Gasteiger partial charge in [0.25, 0.3) is 5.91 Å². The van der Waals surface area contributed by atoms with Gasteiger partial charge in [-0.2, -0.15) is 0 Å². The van der Waals surface area contributed by atoms with Crippen molar-refractivity contribution in [2.24, 2.45) is 0 Å². The van der Waals surface area contributed by atoms with Gasteiger partial charge >= 0.3 is 0 Å². The highest BCUT2D eigenvalue weighted by Gasteiger charge is 2.31. The molecule has 0 bridgehead atoms. The first kappa shape index (κ1) is 21.9. The fraction of sp³-hybridized carbons (Fsp3) is 0.522. The molecule has 2 aromatic rings. The molecule has 0 spiro atoms. The number of amides is 1. The summed E-state index contributed by atoms with van der Waals surface area (Å²) in [4.78, 5) is 31.6. The lowest BCUT2D eigenvalue weighted by molar-refractivity contribution is -0.118. The van der Waals surface area contributed by atoms with Crippen molar-refractivity contribution in [2.75, 3.05) is 25.0 Å². The molecular weight excluding hydrogens is 414 g/mol. The van der Waals surface area contributed by atoms with Crippen LogP contribution < -0.4 is 10.1 Å². The van der Waals surface area contributed by atoms with Crippen LogP contribution in [0.3, 0.4) is 0 Å². The van der Waals surface area contributed by atoms with Crippen molar-refractivity contribution < 1.29 is 19.1 Å². The van der Waals surface area contributed by atoms with Crippen molar-refractivity contribution in [3.05, 3.63) is 39.9 Å². The number of aromatic nitrogens is 1. The van der Waals surface area contributed by atoms with Gasteiger partial charge in [0.1, 0.15) is 5.75 Å². The topological polar surface area (TPSA) is 80.8 Å². The van der Waals surface area contributed by atoms with Crippen LogP contribution in [0.25, 0.3) is 0 Å². The summed E-state index contributed by atoms with van der Waals surface area (Å²) < 4.78 is 11.5. The van der Waals surface area contributed by atoms with E-state index in [0.29, 0.717) is 22.9 Å². The second-order valence-electron chi connectivity index (χ2n) is 8.63. The Kier molecular flexibility index (Phi) is 6.41. The number of benzene rings is 1. The molecular formula is C23H29N3O4S. The Morgan fingerprint density at radius 3 is 2.77 bits per heavy atom. The number of anilines is 1. The van der Waals surface area contributed by atoms with Crippen LogP contribution in [0.2, 0.25) is 0 Å². The summed E-state index contributed by atoms with van der Waals surface area (Å²) in [5, 5.41) is 5.32. The Hall–Kier alpha value is -2.29. The summed E-state index contributed by atoms with van der Waals surface area (Å²) in [7, 11) is 0. The van der Waals surface area contributed by atoms with E-state index in [1.165, 1.54) is 11.3 Å². The van der Waals surface area contributed by atoms with Crippen molar-refractivity contribution in [1.29, 1.82) is 0 Å². The predicted molar refractivity (Wildman–Crippen MR) is 120 cm³/mol. The number of aryl methyl sites for hydroxylation is 1. The van der Waals surface area contributed by atoms with Crippen LogP contribution in [-0.2, 0) is 16.1 Å². The van der Waals surface area contributed by atoms with E-state index >= 15 is 0 Å². The second-order valence-corrected chi connectivity index (χ2v) is 9.49.